The van der Waals surface area contributed by atoms with Crippen molar-refractivity contribution in [3.63, 3.8) is 0 Å². The quantitative estimate of drug-likeness (QED) is 0.351. The maximum Gasteiger partial charge on any atom is 0.344 e. The number of aliphatic hydroxyl groups is 1. The zero-order valence-corrected chi connectivity index (χ0v) is 22.9. The molecule has 0 unspecified atom stereocenters. The summed E-state index contributed by atoms with van der Waals surface area (Å²) >= 11 is 4.53. The molecule has 0 bridgehead atoms. The minimum absolute atomic E-state index is 0.0971. The summed E-state index contributed by atoms with van der Waals surface area (Å²) in [5, 5.41) is 20.3. The average molecular weight is 585 g/mol. The summed E-state index contributed by atoms with van der Waals surface area (Å²) in [6.45, 7) is 3.78. The molecule has 3 rings (SSSR count). The van der Waals surface area contributed by atoms with E-state index in [1.54, 1.807) is 37.3 Å². The van der Waals surface area contributed by atoms with Gasteiger partial charge >= 0.3 is 5.97 Å². The second-order valence-electron chi connectivity index (χ2n) is 7.70. The van der Waals surface area contributed by atoms with Crippen LogP contribution in [0.2, 0.25) is 0 Å². The van der Waals surface area contributed by atoms with Crippen LogP contribution in [0.4, 0.5) is 0 Å². The normalized spacial score (nSPS) is 15.1. The van der Waals surface area contributed by atoms with Crippen molar-refractivity contribution in [3.8, 4) is 17.6 Å². The Morgan fingerprint density at radius 2 is 1.97 bits per heavy atom. The highest BCUT2D eigenvalue weighted by molar-refractivity contribution is 9.10. The monoisotopic (exact) mass is 584 g/mol. The molecule has 0 radical (unpaired) electrons. The maximum absolute atomic E-state index is 12.5. The number of rotatable bonds is 9. The van der Waals surface area contributed by atoms with Crippen molar-refractivity contribution in [2.75, 3.05) is 13.7 Å². The number of hydrogen-bond acceptors (Lipinski definition) is 8. The SMILES string of the molecule is CCCC(=O)N=C1S/C(=C\c2cc(OC)c(OCc3ccccc3C#N)cc2Br)C(O)=C1C(=O)OCC. The van der Waals surface area contributed by atoms with E-state index in [1.807, 2.05) is 19.1 Å². The first-order valence-corrected chi connectivity index (χ1v) is 13.0. The summed E-state index contributed by atoms with van der Waals surface area (Å²) in [7, 11) is 1.50. The zero-order valence-electron chi connectivity index (χ0n) is 20.5. The summed E-state index contributed by atoms with van der Waals surface area (Å²) in [5.74, 6) is -0.581. The number of ether oxygens (including phenoxy) is 3. The van der Waals surface area contributed by atoms with Crippen LogP contribution in [0.3, 0.4) is 0 Å². The van der Waals surface area contributed by atoms with E-state index in [-0.39, 0.29) is 41.9 Å². The van der Waals surface area contributed by atoms with Gasteiger partial charge in [0.2, 0.25) is 5.91 Å². The van der Waals surface area contributed by atoms with Crippen molar-refractivity contribution in [2.45, 2.75) is 33.3 Å². The van der Waals surface area contributed by atoms with Gasteiger partial charge in [0, 0.05) is 16.5 Å². The summed E-state index contributed by atoms with van der Waals surface area (Å²) in [6, 6.07) is 12.7. The average Bonchev–Trinajstić information content (AvgIpc) is 3.18. The van der Waals surface area contributed by atoms with Crippen LogP contribution in [0.15, 0.2) is 62.1 Å². The molecule has 1 N–H and O–H groups in total. The number of thioether (sulfide) groups is 1. The molecule has 37 heavy (non-hydrogen) atoms. The van der Waals surface area contributed by atoms with Crippen LogP contribution in [0.25, 0.3) is 6.08 Å². The molecule has 1 amide bonds. The lowest BCUT2D eigenvalue weighted by Gasteiger charge is -2.14. The van der Waals surface area contributed by atoms with E-state index in [2.05, 4.69) is 27.0 Å². The number of halogens is 1. The van der Waals surface area contributed by atoms with Gasteiger partial charge in [-0.05, 0) is 43.2 Å². The number of methoxy groups -OCH3 is 1. The fourth-order valence-electron chi connectivity index (χ4n) is 3.36. The summed E-state index contributed by atoms with van der Waals surface area (Å²) in [6.07, 6.45) is 2.48. The number of nitriles is 1. The molecule has 0 atom stereocenters. The lowest BCUT2D eigenvalue weighted by atomic mass is 10.1. The molecule has 0 aromatic heterocycles. The first-order valence-electron chi connectivity index (χ1n) is 11.4. The van der Waals surface area contributed by atoms with E-state index in [1.165, 1.54) is 7.11 Å². The van der Waals surface area contributed by atoms with Gasteiger partial charge in [-0.15, -0.1) is 0 Å². The first-order chi connectivity index (χ1) is 17.8. The van der Waals surface area contributed by atoms with Crippen molar-refractivity contribution in [3.05, 3.63) is 73.8 Å². The molecule has 1 aliphatic rings. The molecule has 1 aliphatic heterocycles. The first kappa shape index (κ1) is 28.0. The Bertz CT molecular complexity index is 1340. The standard InChI is InChI=1S/C27H25BrN2O6S/c1-4-8-23(31)30-26-24(27(33)35-5-2)25(32)22(37-26)12-18-11-20(34-3)21(13-19(18)28)36-15-17-10-7-6-9-16(17)14-29/h6-7,9-13,32H,4-5,8,15H2,1-3H3/b22-12-,30-26?. The zero-order chi connectivity index (χ0) is 26.9. The van der Waals surface area contributed by atoms with Crippen LogP contribution in [0, 0.1) is 11.3 Å². The van der Waals surface area contributed by atoms with Crippen molar-refractivity contribution >= 4 is 50.7 Å². The Labute approximate surface area is 227 Å². The Morgan fingerprint density at radius 3 is 2.65 bits per heavy atom. The van der Waals surface area contributed by atoms with Crippen molar-refractivity contribution in [2.24, 2.45) is 4.99 Å². The molecule has 0 saturated heterocycles. The van der Waals surface area contributed by atoms with Gasteiger partial charge in [0.1, 0.15) is 23.0 Å². The highest BCUT2D eigenvalue weighted by Gasteiger charge is 2.34. The summed E-state index contributed by atoms with van der Waals surface area (Å²) in [4.78, 5) is 29.0. The molecule has 0 fully saturated rings. The number of aliphatic imine (C=N–C) groups is 1. The fourth-order valence-corrected chi connectivity index (χ4v) is 4.82. The molecule has 10 heteroatoms. The Kier molecular flexibility index (Phi) is 9.94. The van der Waals surface area contributed by atoms with E-state index >= 15 is 0 Å². The van der Waals surface area contributed by atoms with Gasteiger partial charge in [0.05, 0.1) is 30.3 Å². The summed E-state index contributed by atoms with van der Waals surface area (Å²) < 4.78 is 17.1. The molecule has 0 spiro atoms. The second-order valence-corrected chi connectivity index (χ2v) is 9.58. The molecule has 2 aromatic carbocycles. The van der Waals surface area contributed by atoms with E-state index in [9.17, 15) is 20.0 Å². The predicted octanol–water partition coefficient (Wildman–Crippen LogP) is 6.10. The number of benzene rings is 2. The van der Waals surface area contributed by atoms with E-state index < -0.39 is 5.97 Å². The number of carbonyl (C=O) groups excluding carboxylic acids is 2. The van der Waals surface area contributed by atoms with E-state index in [0.717, 1.165) is 17.3 Å². The van der Waals surface area contributed by atoms with Gasteiger partial charge in [-0.25, -0.2) is 9.79 Å². The van der Waals surface area contributed by atoms with Crippen LogP contribution in [-0.2, 0) is 20.9 Å². The van der Waals surface area contributed by atoms with Crippen molar-refractivity contribution in [1.82, 2.24) is 0 Å². The number of esters is 1. The molecular formula is C27H25BrN2O6S. The third kappa shape index (κ3) is 6.81. The Morgan fingerprint density at radius 1 is 1.22 bits per heavy atom. The van der Waals surface area contributed by atoms with Crippen LogP contribution >= 0.6 is 27.7 Å². The number of carbonyl (C=O) groups is 2. The third-order valence-corrected chi connectivity index (χ3v) is 6.86. The van der Waals surface area contributed by atoms with Crippen molar-refractivity contribution in [1.29, 1.82) is 5.26 Å². The van der Waals surface area contributed by atoms with Gasteiger partial charge in [-0.1, -0.05) is 52.8 Å². The molecule has 2 aromatic rings. The minimum Gasteiger partial charge on any atom is -0.506 e. The second kappa shape index (κ2) is 13.1. The lowest BCUT2D eigenvalue weighted by molar-refractivity contribution is -0.138. The molecule has 0 aliphatic carbocycles. The van der Waals surface area contributed by atoms with Crippen LogP contribution < -0.4 is 9.47 Å². The predicted molar refractivity (Wildman–Crippen MR) is 145 cm³/mol. The largest absolute Gasteiger partial charge is 0.506 e. The van der Waals surface area contributed by atoms with Crippen LogP contribution in [-0.4, -0.2) is 35.7 Å². The third-order valence-electron chi connectivity index (χ3n) is 5.15. The van der Waals surface area contributed by atoms with Gasteiger partial charge in [0.25, 0.3) is 0 Å². The fraction of sp³-hybridized carbons (Fsp3) is 0.259. The van der Waals surface area contributed by atoms with Crippen LogP contribution in [0.1, 0.15) is 43.4 Å². The van der Waals surface area contributed by atoms with Crippen LogP contribution in [0.5, 0.6) is 11.5 Å². The smallest absolute Gasteiger partial charge is 0.344 e. The highest BCUT2D eigenvalue weighted by atomic mass is 79.9. The molecular weight excluding hydrogens is 560 g/mol. The van der Waals surface area contributed by atoms with Gasteiger partial charge in [-0.3, -0.25) is 4.79 Å². The van der Waals surface area contributed by atoms with Crippen molar-refractivity contribution < 1.29 is 28.9 Å². The van der Waals surface area contributed by atoms with Gasteiger partial charge in [0.15, 0.2) is 11.5 Å². The highest BCUT2D eigenvalue weighted by Crippen LogP contribution is 2.42. The molecule has 1 heterocycles. The molecule has 192 valence electrons. The lowest BCUT2D eigenvalue weighted by Crippen LogP contribution is -2.14. The molecule has 0 saturated carbocycles. The number of nitrogens with zero attached hydrogens (tertiary/aromatic N) is 2. The number of amides is 1. The summed E-state index contributed by atoms with van der Waals surface area (Å²) in [5.41, 5.74) is 1.75. The van der Waals surface area contributed by atoms with E-state index in [0.29, 0.717) is 38.4 Å². The number of hydrogen-bond donors (Lipinski definition) is 1. The molecule has 8 nitrogen and oxygen atoms in total. The number of aliphatic hydroxyl groups excluding tert-OH is 1. The maximum atomic E-state index is 12.5. The van der Waals surface area contributed by atoms with E-state index in [4.69, 9.17) is 14.2 Å². The Balaban J connectivity index is 1.95. The topological polar surface area (TPSA) is 118 Å². The minimum atomic E-state index is -0.753. The van der Waals surface area contributed by atoms with Gasteiger partial charge < -0.3 is 19.3 Å². The Hall–Kier alpha value is -3.55. The van der Waals surface area contributed by atoms with Gasteiger partial charge in [-0.2, -0.15) is 5.26 Å².